The van der Waals surface area contributed by atoms with Crippen LogP contribution in [0.3, 0.4) is 0 Å². The minimum atomic E-state index is 0.153. The minimum absolute atomic E-state index is 0.153. The molecule has 2 nitrogen and oxygen atoms in total. The van der Waals surface area contributed by atoms with Gasteiger partial charge in [0.1, 0.15) is 0 Å². The van der Waals surface area contributed by atoms with Crippen LogP contribution in [0.1, 0.15) is 18.1 Å². The molecule has 0 amide bonds. The highest BCUT2D eigenvalue weighted by Gasteiger charge is 2.30. The maximum atomic E-state index is 6.03. The SMILES string of the molecule is CNCC1CCOC1c1cc(Cl)ccc1Br. The normalized spacial score (nSPS) is 24.9. The summed E-state index contributed by atoms with van der Waals surface area (Å²) in [6.07, 6.45) is 1.25. The molecule has 0 saturated carbocycles. The van der Waals surface area contributed by atoms with Gasteiger partial charge in [0.25, 0.3) is 0 Å². The largest absolute Gasteiger partial charge is 0.373 e. The van der Waals surface area contributed by atoms with Crippen LogP contribution in [-0.2, 0) is 4.74 Å². The lowest BCUT2D eigenvalue weighted by Gasteiger charge is -2.20. The summed E-state index contributed by atoms with van der Waals surface area (Å²) in [4.78, 5) is 0. The molecule has 2 unspecified atom stereocenters. The Morgan fingerprint density at radius 2 is 2.38 bits per heavy atom. The number of nitrogens with one attached hydrogen (secondary N) is 1. The van der Waals surface area contributed by atoms with Crippen LogP contribution in [-0.4, -0.2) is 20.2 Å². The van der Waals surface area contributed by atoms with Crippen LogP contribution >= 0.6 is 27.5 Å². The predicted octanol–water partition coefficient (Wildman–Crippen LogP) is 3.40. The summed E-state index contributed by atoms with van der Waals surface area (Å²) in [5.41, 5.74) is 1.16. The molecule has 0 aliphatic carbocycles. The van der Waals surface area contributed by atoms with Gasteiger partial charge in [-0.25, -0.2) is 0 Å². The zero-order chi connectivity index (χ0) is 11.5. The van der Waals surface area contributed by atoms with Crippen molar-refractivity contribution in [2.45, 2.75) is 12.5 Å². The van der Waals surface area contributed by atoms with Gasteiger partial charge in [0.15, 0.2) is 0 Å². The molecule has 0 spiro atoms. The van der Waals surface area contributed by atoms with Gasteiger partial charge in [0.2, 0.25) is 0 Å². The van der Waals surface area contributed by atoms with Crippen LogP contribution in [0, 0.1) is 5.92 Å². The van der Waals surface area contributed by atoms with Gasteiger partial charge in [-0.05, 0) is 37.2 Å². The van der Waals surface area contributed by atoms with Gasteiger partial charge in [0, 0.05) is 28.6 Å². The van der Waals surface area contributed by atoms with Crippen LogP contribution in [0.2, 0.25) is 5.02 Å². The first-order valence-electron chi connectivity index (χ1n) is 5.43. The van der Waals surface area contributed by atoms with E-state index in [1.807, 2.05) is 25.2 Å². The van der Waals surface area contributed by atoms with Crippen molar-refractivity contribution in [1.82, 2.24) is 5.32 Å². The average Bonchev–Trinajstić information content (AvgIpc) is 2.70. The van der Waals surface area contributed by atoms with Gasteiger partial charge in [-0.3, -0.25) is 0 Å². The molecule has 1 heterocycles. The van der Waals surface area contributed by atoms with Crippen LogP contribution in [0.4, 0.5) is 0 Å². The predicted molar refractivity (Wildman–Crippen MR) is 69.9 cm³/mol. The number of rotatable bonds is 3. The summed E-state index contributed by atoms with van der Waals surface area (Å²) in [5, 5.41) is 3.98. The number of hydrogen-bond acceptors (Lipinski definition) is 2. The van der Waals surface area contributed by atoms with Crippen LogP contribution < -0.4 is 5.32 Å². The Bertz CT molecular complexity index is 372. The summed E-state index contributed by atoms with van der Waals surface area (Å²) < 4.78 is 6.89. The Morgan fingerprint density at radius 1 is 1.56 bits per heavy atom. The Balaban J connectivity index is 2.25. The lowest BCUT2D eigenvalue weighted by atomic mass is 9.95. The average molecular weight is 305 g/mol. The van der Waals surface area contributed by atoms with Crippen LogP contribution in [0.5, 0.6) is 0 Å². The first-order chi connectivity index (χ1) is 7.72. The highest BCUT2D eigenvalue weighted by molar-refractivity contribution is 9.10. The summed E-state index contributed by atoms with van der Waals surface area (Å²) in [6.45, 7) is 1.81. The molecule has 0 aromatic heterocycles. The summed E-state index contributed by atoms with van der Waals surface area (Å²) in [5.74, 6) is 0.528. The van der Waals surface area contributed by atoms with E-state index < -0.39 is 0 Å². The van der Waals surface area contributed by atoms with E-state index in [2.05, 4.69) is 21.2 Å². The van der Waals surface area contributed by atoms with Gasteiger partial charge in [-0.15, -0.1) is 0 Å². The highest BCUT2D eigenvalue weighted by atomic mass is 79.9. The molecular weight excluding hydrogens is 289 g/mol. The van der Waals surface area contributed by atoms with E-state index in [-0.39, 0.29) is 6.10 Å². The summed E-state index contributed by atoms with van der Waals surface area (Å²) in [7, 11) is 1.97. The molecule has 4 heteroatoms. The summed E-state index contributed by atoms with van der Waals surface area (Å²) in [6, 6.07) is 5.86. The van der Waals surface area contributed by atoms with Gasteiger partial charge >= 0.3 is 0 Å². The van der Waals surface area contributed by atoms with E-state index in [4.69, 9.17) is 16.3 Å². The third kappa shape index (κ3) is 2.59. The maximum Gasteiger partial charge on any atom is 0.0877 e. The van der Waals surface area contributed by atoms with Gasteiger partial charge < -0.3 is 10.1 Å². The van der Waals surface area contributed by atoms with E-state index in [1.165, 1.54) is 0 Å². The molecule has 1 aromatic carbocycles. The molecule has 1 aliphatic rings. The van der Waals surface area contributed by atoms with Gasteiger partial charge in [0.05, 0.1) is 6.10 Å². The van der Waals surface area contributed by atoms with E-state index in [0.717, 1.165) is 34.6 Å². The molecule has 0 bridgehead atoms. The fourth-order valence-corrected chi connectivity index (χ4v) is 2.83. The molecular formula is C12H15BrClNO. The number of halogens is 2. The molecule has 1 saturated heterocycles. The van der Waals surface area contributed by atoms with Crippen molar-refractivity contribution in [3.8, 4) is 0 Å². The number of ether oxygens (including phenoxy) is 1. The van der Waals surface area contributed by atoms with Crippen molar-refractivity contribution in [2.24, 2.45) is 5.92 Å². The van der Waals surface area contributed by atoms with Crippen molar-refractivity contribution < 1.29 is 4.74 Å². The van der Waals surface area contributed by atoms with Crippen molar-refractivity contribution in [3.05, 3.63) is 33.3 Å². The van der Waals surface area contributed by atoms with Gasteiger partial charge in [-0.2, -0.15) is 0 Å². The molecule has 1 N–H and O–H groups in total. The van der Waals surface area contributed by atoms with Crippen molar-refractivity contribution >= 4 is 27.5 Å². The Labute approximate surface area is 109 Å². The third-order valence-corrected chi connectivity index (χ3v) is 3.90. The van der Waals surface area contributed by atoms with Crippen LogP contribution in [0.15, 0.2) is 22.7 Å². The van der Waals surface area contributed by atoms with Crippen molar-refractivity contribution in [3.63, 3.8) is 0 Å². The maximum absolute atomic E-state index is 6.03. The van der Waals surface area contributed by atoms with E-state index in [9.17, 15) is 0 Å². The van der Waals surface area contributed by atoms with Crippen molar-refractivity contribution in [1.29, 1.82) is 0 Å². The lowest BCUT2D eigenvalue weighted by Crippen LogP contribution is -2.21. The molecule has 0 radical (unpaired) electrons. The topological polar surface area (TPSA) is 21.3 Å². The minimum Gasteiger partial charge on any atom is -0.373 e. The second kappa shape index (κ2) is 5.50. The Morgan fingerprint density at radius 3 is 3.12 bits per heavy atom. The van der Waals surface area contributed by atoms with E-state index >= 15 is 0 Å². The zero-order valence-corrected chi connectivity index (χ0v) is 11.5. The first kappa shape index (κ1) is 12.4. The second-order valence-electron chi connectivity index (χ2n) is 4.06. The van der Waals surface area contributed by atoms with E-state index in [1.54, 1.807) is 0 Å². The summed E-state index contributed by atoms with van der Waals surface area (Å²) >= 11 is 9.59. The van der Waals surface area contributed by atoms with Gasteiger partial charge in [-0.1, -0.05) is 27.5 Å². The Hall–Kier alpha value is -0.0900. The molecule has 1 fully saturated rings. The number of benzene rings is 1. The van der Waals surface area contributed by atoms with Crippen molar-refractivity contribution in [2.75, 3.05) is 20.2 Å². The third-order valence-electron chi connectivity index (χ3n) is 2.95. The molecule has 88 valence electrons. The molecule has 1 aliphatic heterocycles. The molecule has 2 rings (SSSR count). The smallest absolute Gasteiger partial charge is 0.0877 e. The highest BCUT2D eigenvalue weighted by Crippen LogP contribution is 2.38. The zero-order valence-electron chi connectivity index (χ0n) is 9.17. The second-order valence-corrected chi connectivity index (χ2v) is 5.35. The van der Waals surface area contributed by atoms with E-state index in [0.29, 0.717) is 5.92 Å². The standard InChI is InChI=1S/C12H15BrClNO/c1-15-7-8-4-5-16-12(8)10-6-9(14)2-3-11(10)13/h2-3,6,8,12,15H,4-5,7H2,1H3. The molecule has 16 heavy (non-hydrogen) atoms. The molecule has 2 atom stereocenters. The molecule has 1 aromatic rings. The fourth-order valence-electron chi connectivity index (χ4n) is 2.18. The first-order valence-corrected chi connectivity index (χ1v) is 6.60. The number of hydrogen-bond donors (Lipinski definition) is 1. The quantitative estimate of drug-likeness (QED) is 0.924. The fraction of sp³-hybridized carbons (Fsp3) is 0.500. The monoisotopic (exact) mass is 303 g/mol. The lowest BCUT2D eigenvalue weighted by molar-refractivity contribution is 0.0904. The van der Waals surface area contributed by atoms with Crippen LogP contribution in [0.25, 0.3) is 0 Å². The Kier molecular flexibility index (Phi) is 4.25.